The third-order valence-corrected chi connectivity index (χ3v) is 3.58. The highest BCUT2D eigenvalue weighted by atomic mass is 15.2. The zero-order valence-electron chi connectivity index (χ0n) is 12.8. The van der Waals surface area contributed by atoms with Crippen LogP contribution in [0.2, 0.25) is 0 Å². The standard InChI is InChI=1S/C16H26N4/c1-13(2)19-16(17-3)18-9-11-20-10-8-14-6-4-5-7-15(14)12-20/h4-7,13H,8-12H2,1-3H3,(H2,17,18,19). The second kappa shape index (κ2) is 7.29. The molecule has 1 heterocycles. The summed E-state index contributed by atoms with van der Waals surface area (Å²) in [6, 6.07) is 9.17. The first-order valence-corrected chi connectivity index (χ1v) is 7.45. The predicted molar refractivity (Wildman–Crippen MR) is 85.1 cm³/mol. The SMILES string of the molecule is CN=C(NCCN1CCc2ccccc2C1)NC(C)C. The van der Waals surface area contributed by atoms with Crippen LogP contribution < -0.4 is 10.6 Å². The average molecular weight is 274 g/mol. The molecule has 4 nitrogen and oxygen atoms in total. The highest BCUT2D eigenvalue weighted by molar-refractivity contribution is 5.79. The first-order valence-electron chi connectivity index (χ1n) is 7.45. The molecule has 0 atom stereocenters. The highest BCUT2D eigenvalue weighted by Gasteiger charge is 2.14. The summed E-state index contributed by atoms with van der Waals surface area (Å²) in [5, 5.41) is 6.67. The van der Waals surface area contributed by atoms with Crippen molar-refractivity contribution in [3.05, 3.63) is 35.4 Å². The zero-order valence-corrected chi connectivity index (χ0v) is 12.8. The number of nitrogens with one attached hydrogen (secondary N) is 2. The molecule has 0 saturated carbocycles. The van der Waals surface area contributed by atoms with Gasteiger partial charge in [0, 0.05) is 39.3 Å². The van der Waals surface area contributed by atoms with Crippen molar-refractivity contribution in [2.24, 2.45) is 4.99 Å². The van der Waals surface area contributed by atoms with Crippen molar-refractivity contribution in [3.63, 3.8) is 0 Å². The van der Waals surface area contributed by atoms with E-state index in [0.29, 0.717) is 6.04 Å². The molecule has 2 rings (SSSR count). The van der Waals surface area contributed by atoms with Crippen LogP contribution >= 0.6 is 0 Å². The zero-order chi connectivity index (χ0) is 14.4. The minimum absolute atomic E-state index is 0.406. The van der Waals surface area contributed by atoms with Gasteiger partial charge in [0.15, 0.2) is 5.96 Å². The molecule has 0 aromatic heterocycles. The summed E-state index contributed by atoms with van der Waals surface area (Å²) in [7, 11) is 1.81. The average Bonchev–Trinajstić information content (AvgIpc) is 2.45. The Hall–Kier alpha value is -1.55. The summed E-state index contributed by atoms with van der Waals surface area (Å²) in [4.78, 5) is 6.72. The van der Waals surface area contributed by atoms with E-state index in [1.165, 1.54) is 11.1 Å². The Bertz CT molecular complexity index is 454. The minimum atomic E-state index is 0.406. The Morgan fingerprint density at radius 3 is 2.75 bits per heavy atom. The Balaban J connectivity index is 1.76. The lowest BCUT2D eigenvalue weighted by atomic mass is 10.00. The normalized spacial score (nSPS) is 16.1. The molecule has 4 heteroatoms. The fourth-order valence-corrected chi connectivity index (χ4v) is 2.55. The molecule has 0 bridgehead atoms. The molecule has 1 aromatic carbocycles. The Labute approximate surface area is 122 Å². The van der Waals surface area contributed by atoms with Gasteiger partial charge in [-0.2, -0.15) is 0 Å². The molecule has 1 aliphatic heterocycles. The van der Waals surface area contributed by atoms with Crippen LogP contribution in [0, 0.1) is 0 Å². The fourth-order valence-electron chi connectivity index (χ4n) is 2.55. The topological polar surface area (TPSA) is 39.7 Å². The number of hydrogen-bond acceptors (Lipinski definition) is 2. The molecule has 0 unspecified atom stereocenters. The monoisotopic (exact) mass is 274 g/mol. The van der Waals surface area contributed by atoms with E-state index in [1.54, 1.807) is 0 Å². The Kier molecular flexibility index (Phi) is 5.41. The van der Waals surface area contributed by atoms with Crippen molar-refractivity contribution in [1.82, 2.24) is 15.5 Å². The van der Waals surface area contributed by atoms with E-state index in [2.05, 4.69) is 58.6 Å². The summed E-state index contributed by atoms with van der Waals surface area (Å²) in [6.07, 6.45) is 1.16. The summed E-state index contributed by atoms with van der Waals surface area (Å²) >= 11 is 0. The van der Waals surface area contributed by atoms with Gasteiger partial charge in [-0.25, -0.2) is 0 Å². The molecule has 0 spiro atoms. The molecule has 0 radical (unpaired) electrons. The van der Waals surface area contributed by atoms with Crippen LogP contribution in [0.1, 0.15) is 25.0 Å². The van der Waals surface area contributed by atoms with Gasteiger partial charge in [-0.1, -0.05) is 24.3 Å². The number of benzene rings is 1. The lowest BCUT2D eigenvalue weighted by Gasteiger charge is -2.29. The summed E-state index contributed by atoms with van der Waals surface area (Å²) in [5.41, 5.74) is 2.98. The molecule has 20 heavy (non-hydrogen) atoms. The Morgan fingerprint density at radius 2 is 2.05 bits per heavy atom. The van der Waals surface area contributed by atoms with Crippen LogP contribution in [-0.2, 0) is 13.0 Å². The van der Waals surface area contributed by atoms with E-state index in [1.807, 2.05) is 7.05 Å². The summed E-state index contributed by atoms with van der Waals surface area (Å²) in [6.45, 7) is 8.42. The first kappa shape index (κ1) is 14.9. The Morgan fingerprint density at radius 1 is 1.30 bits per heavy atom. The quantitative estimate of drug-likeness (QED) is 0.647. The van der Waals surface area contributed by atoms with Crippen LogP contribution in [0.25, 0.3) is 0 Å². The number of fused-ring (bicyclic) bond motifs is 1. The lowest BCUT2D eigenvalue weighted by Crippen LogP contribution is -2.44. The molecule has 0 fully saturated rings. The van der Waals surface area contributed by atoms with Gasteiger partial charge in [-0.15, -0.1) is 0 Å². The molecule has 0 saturated heterocycles. The molecule has 110 valence electrons. The first-order chi connectivity index (χ1) is 9.69. The van der Waals surface area contributed by atoms with Crippen LogP contribution in [0.4, 0.5) is 0 Å². The third kappa shape index (κ3) is 4.23. The van der Waals surface area contributed by atoms with Gasteiger partial charge in [0.2, 0.25) is 0 Å². The largest absolute Gasteiger partial charge is 0.355 e. The van der Waals surface area contributed by atoms with E-state index in [-0.39, 0.29) is 0 Å². The van der Waals surface area contributed by atoms with Crippen LogP contribution in [-0.4, -0.2) is 43.6 Å². The van der Waals surface area contributed by atoms with E-state index in [9.17, 15) is 0 Å². The van der Waals surface area contributed by atoms with Gasteiger partial charge in [-0.3, -0.25) is 9.89 Å². The van der Waals surface area contributed by atoms with Crippen molar-refractivity contribution >= 4 is 5.96 Å². The van der Waals surface area contributed by atoms with Gasteiger partial charge in [0.25, 0.3) is 0 Å². The maximum Gasteiger partial charge on any atom is 0.191 e. The van der Waals surface area contributed by atoms with Crippen molar-refractivity contribution in [2.75, 3.05) is 26.7 Å². The smallest absolute Gasteiger partial charge is 0.191 e. The second-order valence-electron chi connectivity index (χ2n) is 5.59. The molecule has 0 aliphatic carbocycles. The lowest BCUT2D eigenvalue weighted by molar-refractivity contribution is 0.258. The van der Waals surface area contributed by atoms with E-state index < -0.39 is 0 Å². The maximum atomic E-state index is 4.22. The van der Waals surface area contributed by atoms with E-state index in [0.717, 1.165) is 38.6 Å². The summed E-state index contributed by atoms with van der Waals surface area (Å²) in [5.74, 6) is 0.886. The number of rotatable bonds is 4. The van der Waals surface area contributed by atoms with Gasteiger partial charge in [0.1, 0.15) is 0 Å². The van der Waals surface area contributed by atoms with Crippen molar-refractivity contribution in [3.8, 4) is 0 Å². The van der Waals surface area contributed by atoms with Crippen molar-refractivity contribution in [1.29, 1.82) is 0 Å². The minimum Gasteiger partial charge on any atom is -0.355 e. The van der Waals surface area contributed by atoms with Crippen molar-refractivity contribution < 1.29 is 0 Å². The van der Waals surface area contributed by atoms with Gasteiger partial charge < -0.3 is 10.6 Å². The van der Waals surface area contributed by atoms with Crippen molar-refractivity contribution in [2.45, 2.75) is 32.9 Å². The van der Waals surface area contributed by atoms with Crippen LogP contribution in [0.15, 0.2) is 29.3 Å². The van der Waals surface area contributed by atoms with Gasteiger partial charge in [0.05, 0.1) is 0 Å². The molecule has 1 aromatic rings. The van der Waals surface area contributed by atoms with E-state index >= 15 is 0 Å². The molecular formula is C16H26N4. The highest BCUT2D eigenvalue weighted by Crippen LogP contribution is 2.17. The number of guanidine groups is 1. The van der Waals surface area contributed by atoms with Crippen LogP contribution in [0.3, 0.4) is 0 Å². The second-order valence-corrected chi connectivity index (χ2v) is 5.59. The van der Waals surface area contributed by atoms with Crippen LogP contribution in [0.5, 0.6) is 0 Å². The van der Waals surface area contributed by atoms with Gasteiger partial charge in [-0.05, 0) is 31.4 Å². The molecule has 2 N–H and O–H groups in total. The maximum absolute atomic E-state index is 4.22. The number of hydrogen-bond donors (Lipinski definition) is 2. The molecule has 1 aliphatic rings. The number of nitrogens with zero attached hydrogens (tertiary/aromatic N) is 2. The van der Waals surface area contributed by atoms with Gasteiger partial charge >= 0.3 is 0 Å². The van der Waals surface area contributed by atoms with E-state index in [4.69, 9.17) is 0 Å². The predicted octanol–water partition coefficient (Wildman–Crippen LogP) is 1.62. The fraction of sp³-hybridized carbons (Fsp3) is 0.562. The third-order valence-electron chi connectivity index (χ3n) is 3.58. The molecular weight excluding hydrogens is 248 g/mol. The number of aliphatic imine (C=N–C) groups is 1. The summed E-state index contributed by atoms with van der Waals surface area (Å²) < 4.78 is 0. The molecule has 0 amide bonds.